The smallest absolute Gasteiger partial charge is 0.323 e. The first kappa shape index (κ1) is 16.1. The third kappa shape index (κ3) is 4.35. The Balaban J connectivity index is 2.52. The molecule has 0 spiro atoms. The Morgan fingerprint density at radius 2 is 1.14 bits per heavy atom. The molecule has 1 unspecified atom stereocenters. The molecule has 0 aliphatic carbocycles. The third-order valence-electron chi connectivity index (χ3n) is 2.78. The van der Waals surface area contributed by atoms with Crippen molar-refractivity contribution < 1.29 is 28.1 Å². The van der Waals surface area contributed by atoms with E-state index in [1.54, 1.807) is 60.7 Å². The molecule has 1 atom stereocenters. The molecule has 2 rings (SSSR count). The van der Waals surface area contributed by atoms with Crippen molar-refractivity contribution in [3.05, 3.63) is 71.8 Å². The lowest BCUT2D eigenvalue weighted by atomic mass is 10.0. The zero-order valence-corrected chi connectivity index (χ0v) is 12.6. The van der Waals surface area contributed by atoms with Crippen molar-refractivity contribution in [1.29, 1.82) is 0 Å². The van der Waals surface area contributed by atoms with Crippen molar-refractivity contribution in [2.45, 2.75) is 5.66 Å². The Morgan fingerprint density at radius 3 is 1.48 bits per heavy atom. The average molecular weight is 328 g/mol. The minimum atomic E-state index is -5.10. The lowest BCUT2D eigenvalue weighted by Gasteiger charge is -2.23. The summed E-state index contributed by atoms with van der Waals surface area (Å²) in [6.07, 6.45) is 0. The molecule has 0 radical (unpaired) electrons. The summed E-state index contributed by atoms with van der Waals surface area (Å²) in [4.78, 5) is 27.8. The minimum Gasteiger partial charge on any atom is -0.323 e. The Hall–Kier alpha value is -1.26. The number of benzene rings is 2. The van der Waals surface area contributed by atoms with E-state index < -0.39 is 21.1 Å². The second-order valence-corrected chi connectivity index (χ2v) is 7.64. The highest BCUT2D eigenvalue weighted by atomic mass is 31.3. The molecule has 0 aliphatic heterocycles. The van der Waals surface area contributed by atoms with Gasteiger partial charge in [-0.05, 0) is 11.1 Å². The first-order valence-corrected chi connectivity index (χ1v) is 9.16. The molecule has 0 amide bonds. The molecule has 0 fully saturated rings. The van der Waals surface area contributed by atoms with Crippen LogP contribution >= 0.6 is 15.4 Å². The van der Waals surface area contributed by atoms with Crippen LogP contribution in [0, 0.1) is 0 Å². The van der Waals surface area contributed by atoms with E-state index in [0.29, 0.717) is 11.1 Å². The summed E-state index contributed by atoms with van der Waals surface area (Å²) >= 11 is 0. The zero-order chi connectivity index (χ0) is 15.5. The lowest BCUT2D eigenvalue weighted by molar-refractivity contribution is 0.261. The quantitative estimate of drug-likeness (QED) is 0.729. The normalized spacial score (nSPS) is 14.9. The Kier molecular flexibility index (Phi) is 4.79. The fourth-order valence-electron chi connectivity index (χ4n) is 2.04. The van der Waals surface area contributed by atoms with Gasteiger partial charge < -0.3 is 14.7 Å². The van der Waals surface area contributed by atoms with Crippen molar-refractivity contribution in [3.8, 4) is 0 Å². The van der Waals surface area contributed by atoms with Gasteiger partial charge in [0.05, 0.1) is 0 Å². The molecule has 0 bridgehead atoms. The van der Waals surface area contributed by atoms with E-state index >= 15 is 0 Å². The van der Waals surface area contributed by atoms with E-state index in [-0.39, 0.29) is 0 Å². The largest absolute Gasteiger partial charge is 0.476 e. The monoisotopic (exact) mass is 328 g/mol. The molecule has 0 saturated carbocycles. The van der Waals surface area contributed by atoms with E-state index in [0.717, 1.165) is 0 Å². The van der Waals surface area contributed by atoms with Crippen molar-refractivity contribution in [3.63, 3.8) is 0 Å². The average Bonchev–Trinajstić information content (AvgIpc) is 2.38. The van der Waals surface area contributed by atoms with E-state index in [9.17, 15) is 14.0 Å². The highest BCUT2D eigenvalue weighted by Crippen LogP contribution is 2.66. The van der Waals surface area contributed by atoms with Crippen LogP contribution in [-0.4, -0.2) is 14.7 Å². The number of phosphoric acid groups is 1. The summed E-state index contributed by atoms with van der Waals surface area (Å²) in [7, 11) is -9.73. The molecule has 8 heteroatoms. The van der Waals surface area contributed by atoms with Gasteiger partial charge in [0.1, 0.15) is 5.66 Å². The Bertz CT molecular complexity index is 643. The van der Waals surface area contributed by atoms with Crippen LogP contribution in [0.5, 0.6) is 0 Å². The summed E-state index contributed by atoms with van der Waals surface area (Å²) in [6.45, 7) is 0. The van der Waals surface area contributed by atoms with Crippen LogP contribution in [0.2, 0.25) is 0 Å². The van der Waals surface area contributed by atoms with Gasteiger partial charge in [0.15, 0.2) is 0 Å². The number of hydrogen-bond donors (Lipinski definition) is 3. The van der Waals surface area contributed by atoms with E-state index in [1.165, 1.54) is 0 Å². The summed E-state index contributed by atoms with van der Waals surface area (Å²) in [5.41, 5.74) is -0.307. The second-order valence-electron chi connectivity index (χ2n) is 4.36. The predicted octanol–water partition coefficient (Wildman–Crippen LogP) is 3.07. The van der Waals surface area contributed by atoms with Crippen molar-refractivity contribution >= 4 is 15.4 Å². The van der Waals surface area contributed by atoms with E-state index in [2.05, 4.69) is 4.31 Å². The van der Waals surface area contributed by atoms with Crippen LogP contribution in [0.4, 0.5) is 0 Å². The highest BCUT2D eigenvalue weighted by Gasteiger charge is 2.40. The summed E-state index contributed by atoms with van der Waals surface area (Å²) in [6, 6.07) is 16.5. The first-order valence-electron chi connectivity index (χ1n) is 5.99. The molecule has 0 aromatic heterocycles. The molecule has 112 valence electrons. The summed E-state index contributed by atoms with van der Waals surface area (Å²) in [5, 5.41) is 0. The Morgan fingerprint density at radius 1 is 0.762 bits per heavy atom. The van der Waals surface area contributed by atoms with Gasteiger partial charge in [-0.25, -0.2) is 8.88 Å². The minimum absolute atomic E-state index is 0.433. The molecule has 0 saturated heterocycles. The number of hydrogen-bond acceptors (Lipinski definition) is 3. The first-order chi connectivity index (χ1) is 9.80. The lowest BCUT2D eigenvalue weighted by Crippen LogP contribution is -2.04. The van der Waals surface area contributed by atoms with Crippen LogP contribution in [-0.2, 0) is 13.4 Å². The van der Waals surface area contributed by atoms with Crippen molar-refractivity contribution in [2.24, 2.45) is 0 Å². The van der Waals surface area contributed by atoms with Gasteiger partial charge in [0.2, 0.25) is 0 Å². The maximum absolute atomic E-state index is 12.4. The van der Waals surface area contributed by atoms with Gasteiger partial charge in [-0.2, -0.15) is 0 Å². The van der Waals surface area contributed by atoms with Crippen molar-refractivity contribution in [2.75, 3.05) is 0 Å². The van der Waals surface area contributed by atoms with Gasteiger partial charge in [-0.1, -0.05) is 60.7 Å². The van der Waals surface area contributed by atoms with Crippen molar-refractivity contribution in [1.82, 2.24) is 0 Å². The summed E-state index contributed by atoms with van der Waals surface area (Å²) < 4.78 is 27.5. The van der Waals surface area contributed by atoms with Crippen LogP contribution in [0.1, 0.15) is 16.8 Å². The molecular weight excluding hydrogens is 314 g/mol. The fraction of sp³-hybridized carbons (Fsp3) is 0.0769. The predicted molar refractivity (Wildman–Crippen MR) is 77.7 cm³/mol. The number of rotatable bonds is 5. The summed E-state index contributed by atoms with van der Waals surface area (Å²) in [5.74, 6) is 0. The highest BCUT2D eigenvalue weighted by molar-refractivity contribution is 7.64. The zero-order valence-electron chi connectivity index (χ0n) is 10.8. The molecule has 0 heterocycles. The van der Waals surface area contributed by atoms with Gasteiger partial charge >= 0.3 is 15.4 Å². The molecule has 0 aliphatic rings. The SMILES string of the molecule is O=P(O)(O)OP(=O)(O)C(c1ccccc1)c1ccccc1. The van der Waals surface area contributed by atoms with Crippen LogP contribution in [0.3, 0.4) is 0 Å². The topological polar surface area (TPSA) is 104 Å². The van der Waals surface area contributed by atoms with E-state index in [1.807, 2.05) is 0 Å². The van der Waals surface area contributed by atoms with Crippen LogP contribution in [0.15, 0.2) is 60.7 Å². The van der Waals surface area contributed by atoms with Crippen LogP contribution < -0.4 is 0 Å². The van der Waals surface area contributed by atoms with Gasteiger partial charge in [0.25, 0.3) is 0 Å². The maximum Gasteiger partial charge on any atom is 0.476 e. The Labute approximate surface area is 121 Å². The fourth-order valence-corrected chi connectivity index (χ4v) is 4.73. The second kappa shape index (κ2) is 6.24. The van der Waals surface area contributed by atoms with Gasteiger partial charge in [0, 0.05) is 0 Å². The molecular formula is C13H14O6P2. The molecule has 3 N–H and O–H groups in total. The standard InChI is InChI=1S/C13H14O6P2/c14-20(15,19-21(16,17)18)13(11-7-3-1-4-8-11)12-9-5-2-6-10-12/h1-10,13H,(H,14,15)(H2,16,17,18). The van der Waals surface area contributed by atoms with Gasteiger partial charge in [-0.3, -0.25) is 4.57 Å². The van der Waals surface area contributed by atoms with E-state index in [4.69, 9.17) is 9.79 Å². The van der Waals surface area contributed by atoms with Crippen LogP contribution in [0.25, 0.3) is 0 Å². The third-order valence-corrected chi connectivity index (χ3v) is 5.82. The molecule has 2 aromatic carbocycles. The molecule has 21 heavy (non-hydrogen) atoms. The molecule has 2 aromatic rings. The van der Waals surface area contributed by atoms with Gasteiger partial charge in [-0.15, -0.1) is 0 Å². The molecule has 6 nitrogen and oxygen atoms in total. The maximum atomic E-state index is 12.4.